The zero-order chi connectivity index (χ0) is 12.9. The third kappa shape index (κ3) is 1.50. The van der Waals surface area contributed by atoms with E-state index in [9.17, 15) is 4.79 Å². The fourth-order valence-corrected chi connectivity index (χ4v) is 2.59. The van der Waals surface area contributed by atoms with Gasteiger partial charge in [0, 0.05) is 20.6 Å². The van der Waals surface area contributed by atoms with E-state index in [4.69, 9.17) is 9.47 Å². The van der Waals surface area contributed by atoms with Crippen molar-refractivity contribution < 1.29 is 14.3 Å². The lowest BCUT2D eigenvalue weighted by Gasteiger charge is -2.20. The van der Waals surface area contributed by atoms with Gasteiger partial charge in [0.05, 0.1) is 6.04 Å². The lowest BCUT2D eigenvalue weighted by atomic mass is 10.00. The molecule has 1 aromatic carbocycles. The second-order valence-electron chi connectivity index (χ2n) is 4.85. The predicted molar refractivity (Wildman–Crippen MR) is 65.8 cm³/mol. The molecule has 0 spiro atoms. The van der Waals surface area contributed by atoms with Crippen LogP contribution in [0.1, 0.15) is 17.2 Å². The normalized spacial score (nSPS) is 21.9. The Labute approximate surface area is 106 Å². The molecule has 0 bridgehead atoms. The Morgan fingerprint density at radius 2 is 1.89 bits per heavy atom. The summed E-state index contributed by atoms with van der Waals surface area (Å²) in [6, 6.07) is 4.11. The van der Waals surface area contributed by atoms with E-state index < -0.39 is 0 Å². The average molecular weight is 248 g/mol. The van der Waals surface area contributed by atoms with Gasteiger partial charge in [0.1, 0.15) is 0 Å². The summed E-state index contributed by atoms with van der Waals surface area (Å²) in [6.45, 7) is 3.02. The molecule has 5 heteroatoms. The number of hydrogen-bond acceptors (Lipinski definition) is 3. The first-order valence-corrected chi connectivity index (χ1v) is 5.96. The first-order valence-electron chi connectivity index (χ1n) is 5.96. The second-order valence-corrected chi connectivity index (χ2v) is 4.85. The van der Waals surface area contributed by atoms with Gasteiger partial charge in [-0.25, -0.2) is 4.79 Å². The summed E-state index contributed by atoms with van der Waals surface area (Å²) in [5, 5.41) is 0. The lowest BCUT2D eigenvalue weighted by Crippen LogP contribution is -2.26. The average Bonchev–Trinajstić information content (AvgIpc) is 2.88. The van der Waals surface area contributed by atoms with Gasteiger partial charge in [-0.1, -0.05) is 0 Å². The molecule has 0 saturated carbocycles. The minimum absolute atomic E-state index is 0.0528. The lowest BCUT2D eigenvalue weighted by molar-refractivity contribution is 0.174. The van der Waals surface area contributed by atoms with E-state index in [-0.39, 0.29) is 18.9 Å². The Morgan fingerprint density at radius 3 is 2.50 bits per heavy atom. The van der Waals surface area contributed by atoms with Crippen molar-refractivity contribution in [3.63, 3.8) is 0 Å². The van der Waals surface area contributed by atoms with Crippen molar-refractivity contribution in [2.24, 2.45) is 0 Å². The van der Waals surface area contributed by atoms with Crippen LogP contribution in [0.4, 0.5) is 4.79 Å². The molecule has 0 aromatic heterocycles. The Morgan fingerprint density at radius 1 is 1.22 bits per heavy atom. The maximum absolute atomic E-state index is 11.8. The number of ether oxygens (including phenoxy) is 2. The first kappa shape index (κ1) is 11.2. The molecule has 0 N–H and O–H groups in total. The molecule has 2 amide bonds. The molecule has 1 aromatic rings. The third-order valence-corrected chi connectivity index (χ3v) is 3.66. The summed E-state index contributed by atoms with van der Waals surface area (Å²) in [5.74, 6) is 1.56. The van der Waals surface area contributed by atoms with Gasteiger partial charge >= 0.3 is 6.03 Å². The molecule has 0 radical (unpaired) electrons. The molecule has 1 fully saturated rings. The summed E-state index contributed by atoms with van der Waals surface area (Å²) >= 11 is 0. The molecular formula is C13H16N2O3. The summed E-state index contributed by atoms with van der Waals surface area (Å²) < 4.78 is 10.8. The Hall–Kier alpha value is -1.91. The van der Waals surface area contributed by atoms with Crippen LogP contribution in [0.2, 0.25) is 0 Å². The van der Waals surface area contributed by atoms with Gasteiger partial charge in [-0.3, -0.25) is 0 Å². The van der Waals surface area contributed by atoms with Crippen LogP contribution in [0.15, 0.2) is 12.1 Å². The Balaban J connectivity index is 2.00. The highest BCUT2D eigenvalue weighted by Gasteiger charge is 2.34. The highest BCUT2D eigenvalue weighted by Crippen LogP contribution is 2.39. The van der Waals surface area contributed by atoms with E-state index in [1.807, 2.05) is 33.2 Å². The maximum Gasteiger partial charge on any atom is 0.320 e. The fourth-order valence-electron chi connectivity index (χ4n) is 2.59. The molecule has 2 aliphatic rings. The van der Waals surface area contributed by atoms with Gasteiger partial charge in [0.15, 0.2) is 11.5 Å². The third-order valence-electron chi connectivity index (χ3n) is 3.66. The quantitative estimate of drug-likeness (QED) is 0.760. The SMILES string of the molecule is Cc1cc2c(cc1C1CN(C)C(=O)N1C)OCO2. The monoisotopic (exact) mass is 248 g/mol. The van der Waals surface area contributed by atoms with Crippen LogP contribution in [0.3, 0.4) is 0 Å². The second kappa shape index (κ2) is 3.80. The van der Waals surface area contributed by atoms with Gasteiger partial charge in [-0.15, -0.1) is 0 Å². The minimum atomic E-state index is 0.0528. The highest BCUT2D eigenvalue weighted by molar-refractivity contribution is 5.77. The van der Waals surface area contributed by atoms with E-state index in [0.29, 0.717) is 6.54 Å². The van der Waals surface area contributed by atoms with Crippen molar-refractivity contribution in [1.82, 2.24) is 9.80 Å². The van der Waals surface area contributed by atoms with E-state index in [2.05, 4.69) is 0 Å². The topological polar surface area (TPSA) is 42.0 Å². The molecule has 1 atom stereocenters. The standard InChI is InChI=1S/C13H16N2O3/c1-8-4-11-12(18-7-17-11)5-9(8)10-6-14(2)13(16)15(10)3/h4-5,10H,6-7H2,1-3H3. The number of carbonyl (C=O) groups is 1. The van der Waals surface area contributed by atoms with Crippen molar-refractivity contribution in [1.29, 1.82) is 0 Å². The molecule has 2 heterocycles. The summed E-state index contributed by atoms with van der Waals surface area (Å²) in [4.78, 5) is 15.3. The summed E-state index contributed by atoms with van der Waals surface area (Å²) in [7, 11) is 3.65. The molecule has 18 heavy (non-hydrogen) atoms. The number of urea groups is 1. The van der Waals surface area contributed by atoms with Gasteiger partial charge < -0.3 is 19.3 Å². The molecule has 1 saturated heterocycles. The van der Waals surface area contributed by atoms with Gasteiger partial charge in [-0.2, -0.15) is 0 Å². The number of benzene rings is 1. The van der Waals surface area contributed by atoms with E-state index >= 15 is 0 Å². The van der Waals surface area contributed by atoms with Crippen molar-refractivity contribution in [3.8, 4) is 11.5 Å². The molecule has 96 valence electrons. The van der Waals surface area contributed by atoms with Crippen molar-refractivity contribution in [2.45, 2.75) is 13.0 Å². The van der Waals surface area contributed by atoms with Gasteiger partial charge in [0.2, 0.25) is 6.79 Å². The van der Waals surface area contributed by atoms with Crippen LogP contribution >= 0.6 is 0 Å². The zero-order valence-corrected chi connectivity index (χ0v) is 10.8. The van der Waals surface area contributed by atoms with E-state index in [0.717, 1.165) is 22.6 Å². The summed E-state index contributed by atoms with van der Waals surface area (Å²) in [5.41, 5.74) is 2.25. The molecule has 2 aliphatic heterocycles. The van der Waals surface area contributed by atoms with Gasteiger partial charge in [0.25, 0.3) is 0 Å². The number of nitrogens with zero attached hydrogens (tertiary/aromatic N) is 2. The van der Waals surface area contributed by atoms with E-state index in [1.165, 1.54) is 0 Å². The van der Waals surface area contributed by atoms with Crippen LogP contribution in [0, 0.1) is 6.92 Å². The maximum atomic E-state index is 11.8. The number of hydrogen-bond donors (Lipinski definition) is 0. The fraction of sp³-hybridized carbons (Fsp3) is 0.462. The van der Waals surface area contributed by atoms with Crippen molar-refractivity contribution in [3.05, 3.63) is 23.3 Å². The van der Waals surface area contributed by atoms with Crippen molar-refractivity contribution >= 4 is 6.03 Å². The number of carbonyl (C=O) groups excluding carboxylic acids is 1. The van der Waals surface area contributed by atoms with Crippen LogP contribution < -0.4 is 9.47 Å². The van der Waals surface area contributed by atoms with Crippen LogP contribution in [0.5, 0.6) is 11.5 Å². The molecular weight excluding hydrogens is 232 g/mol. The summed E-state index contributed by atoms with van der Waals surface area (Å²) in [6.07, 6.45) is 0. The minimum Gasteiger partial charge on any atom is -0.454 e. The van der Waals surface area contributed by atoms with Crippen molar-refractivity contribution in [2.75, 3.05) is 27.4 Å². The number of amides is 2. The molecule has 5 nitrogen and oxygen atoms in total. The van der Waals surface area contributed by atoms with Crippen LogP contribution in [0.25, 0.3) is 0 Å². The molecule has 3 rings (SSSR count). The molecule has 1 unspecified atom stereocenters. The number of aryl methyl sites for hydroxylation is 1. The van der Waals surface area contributed by atoms with Crippen LogP contribution in [-0.4, -0.2) is 43.3 Å². The van der Waals surface area contributed by atoms with Crippen LogP contribution in [-0.2, 0) is 0 Å². The van der Waals surface area contributed by atoms with Gasteiger partial charge in [-0.05, 0) is 30.2 Å². The first-order chi connectivity index (χ1) is 8.58. The highest BCUT2D eigenvalue weighted by atomic mass is 16.7. The number of likely N-dealkylation sites (N-methyl/N-ethyl adjacent to an activating group) is 2. The number of fused-ring (bicyclic) bond motifs is 1. The Bertz CT molecular complexity index is 515. The number of rotatable bonds is 1. The molecule has 0 aliphatic carbocycles. The Kier molecular flexibility index (Phi) is 2.36. The largest absolute Gasteiger partial charge is 0.454 e. The predicted octanol–water partition coefficient (Wildman–Crippen LogP) is 1.76. The smallest absolute Gasteiger partial charge is 0.320 e. The zero-order valence-electron chi connectivity index (χ0n) is 10.8. The van der Waals surface area contributed by atoms with E-state index in [1.54, 1.807) is 9.80 Å².